The number of hydrogen-bond acceptors (Lipinski definition) is 2. The Balaban J connectivity index is 2.20. The van der Waals surface area contributed by atoms with Gasteiger partial charge in [0.05, 0.1) is 17.1 Å². The number of aromatic amines is 1. The van der Waals surface area contributed by atoms with Gasteiger partial charge in [0.2, 0.25) is 0 Å². The van der Waals surface area contributed by atoms with Gasteiger partial charge in [0.15, 0.2) is 4.77 Å². The highest BCUT2D eigenvalue weighted by Crippen LogP contribution is 2.31. The van der Waals surface area contributed by atoms with Crippen LogP contribution in [-0.2, 0) is 0 Å². The monoisotopic (exact) mass is 288 g/mol. The van der Waals surface area contributed by atoms with Gasteiger partial charge in [-0.3, -0.25) is 0 Å². The van der Waals surface area contributed by atoms with Crippen LogP contribution in [-0.4, -0.2) is 9.55 Å². The highest BCUT2D eigenvalue weighted by molar-refractivity contribution is 7.71. The standard InChI is InChI=1S/C15H16N2S2/c1-2-6-13(14-9-5-10-19-14)17-12-8-4-3-7-11(12)16-15(17)18/h3-5,7-10,13H,2,6H2,1H3,(H,16,18). The molecule has 0 saturated heterocycles. The van der Waals surface area contributed by atoms with E-state index in [1.165, 1.54) is 10.4 Å². The Morgan fingerprint density at radius 1 is 1.26 bits per heavy atom. The molecule has 1 N–H and O–H groups in total. The van der Waals surface area contributed by atoms with Crippen LogP contribution in [0.25, 0.3) is 11.0 Å². The number of hydrogen-bond donors (Lipinski definition) is 1. The number of fused-ring (bicyclic) bond motifs is 1. The lowest BCUT2D eigenvalue weighted by Crippen LogP contribution is -2.09. The minimum absolute atomic E-state index is 0.341. The molecule has 0 saturated carbocycles. The van der Waals surface area contributed by atoms with Crippen LogP contribution in [0.3, 0.4) is 0 Å². The summed E-state index contributed by atoms with van der Waals surface area (Å²) in [7, 11) is 0. The Labute approximate surface area is 121 Å². The second kappa shape index (κ2) is 5.31. The summed E-state index contributed by atoms with van der Waals surface area (Å²) in [5.41, 5.74) is 2.31. The van der Waals surface area contributed by atoms with Crippen molar-refractivity contribution in [3.63, 3.8) is 0 Å². The van der Waals surface area contributed by atoms with Crippen molar-refractivity contribution < 1.29 is 0 Å². The summed E-state index contributed by atoms with van der Waals surface area (Å²) in [5.74, 6) is 0. The van der Waals surface area contributed by atoms with Crippen molar-refractivity contribution in [2.75, 3.05) is 0 Å². The van der Waals surface area contributed by atoms with Crippen molar-refractivity contribution in [3.8, 4) is 0 Å². The molecule has 98 valence electrons. The third kappa shape index (κ3) is 2.26. The molecule has 1 aromatic carbocycles. The van der Waals surface area contributed by atoms with E-state index in [4.69, 9.17) is 12.2 Å². The van der Waals surface area contributed by atoms with Crippen LogP contribution in [0, 0.1) is 4.77 Å². The van der Waals surface area contributed by atoms with Gasteiger partial charge in [-0.25, -0.2) is 0 Å². The number of thiophene rings is 1. The predicted octanol–water partition coefficient (Wildman–Crippen LogP) is 5.15. The van der Waals surface area contributed by atoms with Crippen molar-refractivity contribution in [1.29, 1.82) is 0 Å². The van der Waals surface area contributed by atoms with E-state index >= 15 is 0 Å². The fourth-order valence-electron chi connectivity index (χ4n) is 2.54. The van der Waals surface area contributed by atoms with E-state index in [0.29, 0.717) is 6.04 Å². The van der Waals surface area contributed by atoms with Gasteiger partial charge in [0.1, 0.15) is 0 Å². The second-order valence-corrected chi connectivity index (χ2v) is 6.00. The fourth-order valence-corrected chi connectivity index (χ4v) is 3.72. The summed E-state index contributed by atoms with van der Waals surface area (Å²) >= 11 is 7.33. The van der Waals surface area contributed by atoms with Crippen molar-refractivity contribution in [2.24, 2.45) is 0 Å². The van der Waals surface area contributed by atoms with E-state index in [1.807, 2.05) is 6.07 Å². The molecular weight excluding hydrogens is 272 g/mol. The molecule has 0 fully saturated rings. The molecule has 3 rings (SSSR count). The summed E-state index contributed by atoms with van der Waals surface area (Å²) in [6.45, 7) is 2.22. The Hall–Kier alpha value is -1.39. The largest absolute Gasteiger partial charge is 0.331 e. The molecule has 0 bridgehead atoms. The quantitative estimate of drug-likeness (QED) is 0.658. The first kappa shape index (κ1) is 12.6. The minimum Gasteiger partial charge on any atom is -0.331 e. The molecule has 0 radical (unpaired) electrons. The van der Waals surface area contributed by atoms with Crippen LogP contribution in [0.4, 0.5) is 0 Å². The van der Waals surface area contributed by atoms with Crippen LogP contribution >= 0.6 is 23.6 Å². The molecule has 1 unspecified atom stereocenters. The Kier molecular flexibility index (Phi) is 3.53. The zero-order valence-corrected chi connectivity index (χ0v) is 12.4. The molecule has 2 heterocycles. The van der Waals surface area contributed by atoms with Gasteiger partial charge in [-0.05, 0) is 42.2 Å². The van der Waals surface area contributed by atoms with Crippen LogP contribution < -0.4 is 0 Å². The highest BCUT2D eigenvalue weighted by atomic mass is 32.1. The number of nitrogens with zero attached hydrogens (tertiary/aromatic N) is 1. The van der Waals surface area contributed by atoms with Crippen molar-refractivity contribution >= 4 is 34.6 Å². The lowest BCUT2D eigenvalue weighted by atomic mass is 10.1. The molecule has 0 aliphatic carbocycles. The molecule has 2 aromatic heterocycles. The maximum absolute atomic E-state index is 5.53. The average molecular weight is 288 g/mol. The molecule has 3 aromatic rings. The van der Waals surface area contributed by atoms with Gasteiger partial charge in [0.25, 0.3) is 0 Å². The Bertz CT molecular complexity index is 722. The summed E-state index contributed by atoms with van der Waals surface area (Å²) in [5, 5.41) is 2.14. The first-order valence-electron chi connectivity index (χ1n) is 6.54. The van der Waals surface area contributed by atoms with Gasteiger partial charge < -0.3 is 9.55 Å². The van der Waals surface area contributed by atoms with Gasteiger partial charge >= 0.3 is 0 Å². The molecule has 0 amide bonds. The zero-order chi connectivity index (χ0) is 13.2. The number of rotatable bonds is 4. The molecule has 1 atom stereocenters. The topological polar surface area (TPSA) is 20.7 Å². The fraction of sp³-hybridized carbons (Fsp3) is 0.267. The predicted molar refractivity (Wildman–Crippen MR) is 84.5 cm³/mol. The van der Waals surface area contributed by atoms with Gasteiger partial charge in [0, 0.05) is 4.88 Å². The lowest BCUT2D eigenvalue weighted by molar-refractivity contribution is 0.548. The van der Waals surface area contributed by atoms with Crippen LogP contribution in [0.1, 0.15) is 30.7 Å². The SMILES string of the molecule is CCCC(c1cccs1)n1c(=S)[nH]c2ccccc21. The smallest absolute Gasteiger partial charge is 0.178 e. The minimum atomic E-state index is 0.341. The molecule has 19 heavy (non-hydrogen) atoms. The molecule has 2 nitrogen and oxygen atoms in total. The van der Waals surface area contributed by atoms with Crippen LogP contribution in [0.5, 0.6) is 0 Å². The molecular formula is C15H16N2S2. The lowest BCUT2D eigenvalue weighted by Gasteiger charge is -2.17. The van der Waals surface area contributed by atoms with Crippen LogP contribution in [0.2, 0.25) is 0 Å². The van der Waals surface area contributed by atoms with Crippen LogP contribution in [0.15, 0.2) is 41.8 Å². The third-order valence-electron chi connectivity index (χ3n) is 3.37. The number of nitrogens with one attached hydrogen (secondary N) is 1. The van der Waals surface area contributed by atoms with Gasteiger partial charge in [-0.1, -0.05) is 31.5 Å². The summed E-state index contributed by atoms with van der Waals surface area (Å²) in [4.78, 5) is 4.69. The number of aromatic nitrogens is 2. The van der Waals surface area contributed by atoms with Crippen molar-refractivity contribution in [3.05, 3.63) is 51.4 Å². The van der Waals surface area contributed by atoms with E-state index in [1.54, 1.807) is 11.3 Å². The summed E-state index contributed by atoms with van der Waals surface area (Å²) in [6, 6.07) is 13.0. The zero-order valence-electron chi connectivity index (χ0n) is 10.8. The summed E-state index contributed by atoms with van der Waals surface area (Å²) in [6.07, 6.45) is 2.25. The van der Waals surface area contributed by atoms with E-state index in [0.717, 1.165) is 23.1 Å². The number of imidazole rings is 1. The third-order valence-corrected chi connectivity index (χ3v) is 4.64. The number of H-pyrrole nitrogens is 1. The Morgan fingerprint density at radius 2 is 2.11 bits per heavy atom. The second-order valence-electron chi connectivity index (χ2n) is 4.64. The maximum atomic E-state index is 5.53. The maximum Gasteiger partial charge on any atom is 0.178 e. The molecule has 0 aliphatic rings. The first-order valence-corrected chi connectivity index (χ1v) is 7.82. The van der Waals surface area contributed by atoms with E-state index in [2.05, 4.69) is 52.2 Å². The van der Waals surface area contributed by atoms with E-state index < -0.39 is 0 Å². The van der Waals surface area contributed by atoms with Crippen molar-refractivity contribution in [2.45, 2.75) is 25.8 Å². The molecule has 0 aliphatic heterocycles. The average Bonchev–Trinajstić information content (AvgIpc) is 3.03. The Morgan fingerprint density at radius 3 is 2.84 bits per heavy atom. The normalized spacial score (nSPS) is 12.9. The van der Waals surface area contributed by atoms with E-state index in [-0.39, 0.29) is 0 Å². The van der Waals surface area contributed by atoms with Gasteiger partial charge in [-0.15, -0.1) is 11.3 Å². The summed E-state index contributed by atoms with van der Waals surface area (Å²) < 4.78 is 3.08. The van der Waals surface area contributed by atoms with E-state index in [9.17, 15) is 0 Å². The number of para-hydroxylation sites is 2. The van der Waals surface area contributed by atoms with Gasteiger partial charge in [-0.2, -0.15) is 0 Å². The first-order chi connectivity index (χ1) is 9.31. The molecule has 0 spiro atoms. The molecule has 4 heteroatoms. The highest BCUT2D eigenvalue weighted by Gasteiger charge is 2.17. The van der Waals surface area contributed by atoms with Crippen molar-refractivity contribution in [1.82, 2.24) is 9.55 Å². The number of benzene rings is 1.